The van der Waals surface area contributed by atoms with Gasteiger partial charge in [-0.3, -0.25) is 4.79 Å². The van der Waals surface area contributed by atoms with Gasteiger partial charge >= 0.3 is 0 Å². The Hall–Kier alpha value is -2.91. The van der Waals surface area contributed by atoms with E-state index < -0.39 is 11.5 Å². The number of hydrogen-bond acceptors (Lipinski definition) is 2. The molecular formula is C27H27NO2. The van der Waals surface area contributed by atoms with Gasteiger partial charge < -0.3 is 10.1 Å². The zero-order chi connectivity index (χ0) is 20.7. The molecule has 3 aromatic rings. The highest BCUT2D eigenvalue weighted by atomic mass is 16.3. The standard InChI is InChI=1S/C27H27NO2/c1-18-23-11-7-13-25(29)27(23,15-19-8-3-2-4-9-19)16-20(26(18)30)14-21-17-28-24-12-6-5-10-22(21)24/h2-6,8-10,12,14,17,25,28-29H,7,11,13,15-16H2,1H3/t25-,27-/m0/s1. The summed E-state index contributed by atoms with van der Waals surface area (Å²) in [6.07, 6.45) is 7.57. The average molecular weight is 398 g/mol. The van der Waals surface area contributed by atoms with E-state index in [0.29, 0.717) is 6.42 Å². The topological polar surface area (TPSA) is 53.1 Å². The zero-order valence-electron chi connectivity index (χ0n) is 17.3. The van der Waals surface area contributed by atoms with E-state index >= 15 is 0 Å². The van der Waals surface area contributed by atoms with Gasteiger partial charge in [0.15, 0.2) is 5.78 Å². The number of carbonyl (C=O) groups is 1. The summed E-state index contributed by atoms with van der Waals surface area (Å²) in [4.78, 5) is 16.6. The van der Waals surface area contributed by atoms with E-state index in [2.05, 4.69) is 23.2 Å². The number of nitrogens with one attached hydrogen (secondary N) is 1. The number of Topliss-reactive ketones (excluding diaryl/α,β-unsaturated/α-hetero) is 1. The van der Waals surface area contributed by atoms with Crippen molar-refractivity contribution in [1.29, 1.82) is 0 Å². The summed E-state index contributed by atoms with van der Waals surface area (Å²) < 4.78 is 0. The van der Waals surface area contributed by atoms with Crippen molar-refractivity contribution >= 4 is 22.8 Å². The van der Waals surface area contributed by atoms with Crippen molar-refractivity contribution < 1.29 is 9.90 Å². The van der Waals surface area contributed by atoms with Crippen LogP contribution in [0.5, 0.6) is 0 Å². The molecule has 30 heavy (non-hydrogen) atoms. The van der Waals surface area contributed by atoms with E-state index in [9.17, 15) is 9.90 Å². The molecule has 2 N–H and O–H groups in total. The molecule has 0 bridgehead atoms. The highest BCUT2D eigenvalue weighted by Gasteiger charge is 2.48. The van der Waals surface area contributed by atoms with Gasteiger partial charge in [0, 0.05) is 33.7 Å². The van der Waals surface area contributed by atoms with Crippen LogP contribution in [0.25, 0.3) is 17.0 Å². The predicted molar refractivity (Wildman–Crippen MR) is 121 cm³/mol. The van der Waals surface area contributed by atoms with Gasteiger partial charge in [-0.05, 0) is 62.3 Å². The number of allylic oxidation sites excluding steroid dienone is 2. The Bertz CT molecular complexity index is 1170. The molecule has 5 rings (SSSR count). The van der Waals surface area contributed by atoms with Gasteiger partial charge in [-0.1, -0.05) is 54.1 Å². The maximum absolute atomic E-state index is 13.3. The molecular weight excluding hydrogens is 370 g/mol. The van der Waals surface area contributed by atoms with Crippen LogP contribution in [0.1, 0.15) is 43.7 Å². The molecule has 152 valence electrons. The fraction of sp³-hybridized carbons (Fsp3) is 0.296. The second kappa shape index (κ2) is 7.41. The second-order valence-electron chi connectivity index (χ2n) is 8.80. The first-order valence-corrected chi connectivity index (χ1v) is 10.8. The van der Waals surface area contributed by atoms with Gasteiger partial charge in [0.05, 0.1) is 6.10 Å². The molecule has 2 atom stereocenters. The number of fused-ring (bicyclic) bond motifs is 2. The van der Waals surface area contributed by atoms with Crippen molar-refractivity contribution in [2.45, 2.75) is 45.1 Å². The molecule has 3 heteroatoms. The zero-order valence-corrected chi connectivity index (χ0v) is 17.3. The summed E-state index contributed by atoms with van der Waals surface area (Å²) in [5.41, 5.74) is 5.73. The molecule has 1 fully saturated rings. The number of carbonyl (C=O) groups excluding carboxylic acids is 1. The third-order valence-electron chi connectivity index (χ3n) is 7.05. The molecule has 3 nitrogen and oxygen atoms in total. The number of aliphatic hydroxyl groups excluding tert-OH is 1. The van der Waals surface area contributed by atoms with Crippen molar-refractivity contribution in [3.05, 3.63) is 88.6 Å². The molecule has 0 aliphatic heterocycles. The number of para-hydroxylation sites is 1. The van der Waals surface area contributed by atoms with Crippen LogP contribution in [-0.4, -0.2) is 22.0 Å². The average Bonchev–Trinajstić information content (AvgIpc) is 3.17. The van der Waals surface area contributed by atoms with Gasteiger partial charge in [-0.25, -0.2) is 0 Å². The maximum Gasteiger partial charge on any atom is 0.184 e. The molecule has 0 amide bonds. The molecule has 1 aromatic heterocycles. The highest BCUT2D eigenvalue weighted by molar-refractivity contribution is 6.13. The van der Waals surface area contributed by atoms with E-state index in [1.165, 1.54) is 11.1 Å². The van der Waals surface area contributed by atoms with Crippen LogP contribution in [0, 0.1) is 5.41 Å². The van der Waals surface area contributed by atoms with Crippen LogP contribution in [0.3, 0.4) is 0 Å². The Morgan fingerprint density at radius 1 is 1.13 bits per heavy atom. The summed E-state index contributed by atoms with van der Waals surface area (Å²) in [7, 11) is 0. The molecule has 2 aromatic carbocycles. The van der Waals surface area contributed by atoms with Gasteiger partial charge in [-0.15, -0.1) is 0 Å². The van der Waals surface area contributed by atoms with Crippen LogP contribution in [0.2, 0.25) is 0 Å². The van der Waals surface area contributed by atoms with E-state index in [4.69, 9.17) is 0 Å². The largest absolute Gasteiger partial charge is 0.392 e. The molecule has 0 radical (unpaired) electrons. The Kier molecular flexibility index (Phi) is 4.71. The first kappa shape index (κ1) is 19.1. The van der Waals surface area contributed by atoms with Crippen molar-refractivity contribution in [3.63, 3.8) is 0 Å². The van der Waals surface area contributed by atoms with Gasteiger partial charge in [-0.2, -0.15) is 0 Å². The summed E-state index contributed by atoms with van der Waals surface area (Å²) >= 11 is 0. The third kappa shape index (κ3) is 3.05. The first-order valence-electron chi connectivity index (χ1n) is 10.8. The fourth-order valence-corrected chi connectivity index (χ4v) is 5.55. The minimum absolute atomic E-state index is 0.132. The molecule has 0 saturated heterocycles. The highest BCUT2D eigenvalue weighted by Crippen LogP contribution is 2.52. The maximum atomic E-state index is 13.3. The summed E-state index contributed by atoms with van der Waals surface area (Å²) in [5, 5.41) is 12.4. The smallest absolute Gasteiger partial charge is 0.184 e. The Morgan fingerprint density at radius 3 is 2.73 bits per heavy atom. The molecule has 2 aliphatic rings. The van der Waals surface area contributed by atoms with Crippen LogP contribution in [0.4, 0.5) is 0 Å². The normalized spacial score (nSPS) is 25.7. The summed E-state index contributed by atoms with van der Waals surface area (Å²) in [6.45, 7) is 1.96. The lowest BCUT2D eigenvalue weighted by Crippen LogP contribution is -2.46. The van der Waals surface area contributed by atoms with E-state index in [1.807, 2.05) is 55.6 Å². The summed E-state index contributed by atoms with van der Waals surface area (Å²) in [6, 6.07) is 18.5. The lowest BCUT2D eigenvalue weighted by Gasteiger charge is -2.48. The SMILES string of the molecule is CC1=C2CCC[C@H](O)[C@@]2(Cc2ccccc2)CC(=Cc2c[nH]c3ccccc23)C1=O. The molecule has 1 heterocycles. The van der Waals surface area contributed by atoms with Crippen LogP contribution >= 0.6 is 0 Å². The van der Waals surface area contributed by atoms with Crippen LogP contribution in [0.15, 0.2) is 77.5 Å². The first-order chi connectivity index (χ1) is 14.6. The quantitative estimate of drug-likeness (QED) is 0.564. The minimum Gasteiger partial charge on any atom is -0.392 e. The van der Waals surface area contributed by atoms with E-state index in [-0.39, 0.29) is 5.78 Å². The van der Waals surface area contributed by atoms with Gasteiger partial charge in [0.2, 0.25) is 0 Å². The molecule has 0 spiro atoms. The third-order valence-corrected chi connectivity index (χ3v) is 7.05. The second-order valence-corrected chi connectivity index (χ2v) is 8.80. The van der Waals surface area contributed by atoms with Gasteiger partial charge in [0.25, 0.3) is 0 Å². The van der Waals surface area contributed by atoms with Gasteiger partial charge in [0.1, 0.15) is 0 Å². The summed E-state index contributed by atoms with van der Waals surface area (Å²) in [5.74, 6) is 0.132. The van der Waals surface area contributed by atoms with Crippen LogP contribution in [-0.2, 0) is 11.2 Å². The monoisotopic (exact) mass is 397 g/mol. The van der Waals surface area contributed by atoms with Crippen molar-refractivity contribution in [1.82, 2.24) is 4.98 Å². The number of H-pyrrole nitrogens is 1. The molecule has 2 aliphatic carbocycles. The number of aliphatic hydroxyl groups is 1. The Balaban J connectivity index is 1.63. The number of ketones is 1. The number of rotatable bonds is 3. The Labute approximate surface area is 177 Å². The number of benzene rings is 2. The number of hydrogen-bond donors (Lipinski definition) is 2. The Morgan fingerprint density at radius 2 is 1.90 bits per heavy atom. The van der Waals surface area contributed by atoms with E-state index in [0.717, 1.165) is 53.3 Å². The van der Waals surface area contributed by atoms with E-state index in [1.54, 1.807) is 0 Å². The van der Waals surface area contributed by atoms with Crippen LogP contribution < -0.4 is 0 Å². The van der Waals surface area contributed by atoms with Crippen molar-refractivity contribution in [2.24, 2.45) is 5.41 Å². The lowest BCUT2D eigenvalue weighted by atomic mass is 9.57. The van der Waals surface area contributed by atoms with Crippen molar-refractivity contribution in [3.8, 4) is 0 Å². The fourth-order valence-electron chi connectivity index (χ4n) is 5.55. The molecule has 1 saturated carbocycles. The number of aromatic amines is 1. The van der Waals surface area contributed by atoms with Crippen molar-refractivity contribution in [2.75, 3.05) is 0 Å². The molecule has 0 unspecified atom stereocenters. The lowest BCUT2D eigenvalue weighted by molar-refractivity contribution is -0.113. The predicted octanol–water partition coefficient (Wildman–Crippen LogP) is 5.61. The number of aromatic nitrogens is 1. The minimum atomic E-state index is -0.434.